The topological polar surface area (TPSA) is 78.2 Å². The molecule has 0 radical (unpaired) electrons. The van der Waals surface area contributed by atoms with Crippen LogP contribution in [-0.4, -0.2) is 34.5 Å². The second kappa shape index (κ2) is 5.20. The number of halogens is 1. The summed E-state index contributed by atoms with van der Waals surface area (Å²) in [4.78, 5) is 18.2. The van der Waals surface area contributed by atoms with Gasteiger partial charge in [0, 0.05) is 24.7 Å². The number of anilines is 1. The van der Waals surface area contributed by atoms with Gasteiger partial charge in [0.05, 0.1) is 6.54 Å². The van der Waals surface area contributed by atoms with Crippen LogP contribution >= 0.6 is 0 Å². The van der Waals surface area contributed by atoms with Gasteiger partial charge >= 0.3 is 0 Å². The van der Waals surface area contributed by atoms with Gasteiger partial charge in [0.1, 0.15) is 11.5 Å². The van der Waals surface area contributed by atoms with Crippen LogP contribution in [0.25, 0.3) is 11.1 Å². The summed E-state index contributed by atoms with van der Waals surface area (Å²) in [6, 6.07) is 7.85. The molecule has 1 aromatic carbocycles. The average molecular weight is 324 g/mol. The molecule has 6 nitrogen and oxygen atoms in total. The number of hydrogen-bond acceptors (Lipinski definition) is 5. The number of aromatic nitrogens is 1. The van der Waals surface area contributed by atoms with Crippen molar-refractivity contribution in [3.8, 4) is 23.2 Å². The lowest BCUT2D eigenvalue weighted by Crippen LogP contribution is -2.52. The Hall–Kier alpha value is -3.14. The highest BCUT2D eigenvalue weighted by atomic mass is 19.1. The summed E-state index contributed by atoms with van der Waals surface area (Å²) in [5.74, 6) is -0.313. The SMILES string of the molecule is N#CN1CC[C@@]2(C1)Oc1ncc(-c3cccc(F)c3)cc1NC2=O. The summed E-state index contributed by atoms with van der Waals surface area (Å²) < 4.78 is 19.2. The Morgan fingerprint density at radius 1 is 1.38 bits per heavy atom. The number of rotatable bonds is 1. The molecule has 1 atom stereocenters. The van der Waals surface area contributed by atoms with Crippen molar-refractivity contribution in [3.63, 3.8) is 0 Å². The van der Waals surface area contributed by atoms with Crippen molar-refractivity contribution in [1.82, 2.24) is 9.88 Å². The van der Waals surface area contributed by atoms with Crippen LogP contribution in [0.4, 0.5) is 10.1 Å². The number of nitrogens with zero attached hydrogens (tertiary/aromatic N) is 3. The Bertz CT molecular complexity index is 879. The zero-order valence-corrected chi connectivity index (χ0v) is 12.6. The maximum atomic E-state index is 13.4. The Balaban J connectivity index is 1.68. The van der Waals surface area contributed by atoms with Crippen LogP contribution in [-0.2, 0) is 4.79 Å². The summed E-state index contributed by atoms with van der Waals surface area (Å²) in [7, 11) is 0. The smallest absolute Gasteiger partial charge is 0.270 e. The lowest BCUT2D eigenvalue weighted by Gasteiger charge is -2.33. The molecule has 0 unspecified atom stereocenters. The second-order valence-corrected chi connectivity index (χ2v) is 5.91. The number of hydrogen-bond donors (Lipinski definition) is 1. The summed E-state index contributed by atoms with van der Waals surface area (Å²) >= 11 is 0. The number of benzene rings is 1. The largest absolute Gasteiger partial charge is 0.457 e. The van der Waals surface area contributed by atoms with Gasteiger partial charge in [-0.3, -0.25) is 4.79 Å². The molecule has 4 rings (SSSR count). The molecule has 120 valence electrons. The monoisotopic (exact) mass is 324 g/mol. The number of carbonyl (C=O) groups is 1. The third kappa shape index (κ3) is 2.24. The van der Waals surface area contributed by atoms with Gasteiger partial charge in [0.25, 0.3) is 5.91 Å². The Morgan fingerprint density at radius 2 is 2.25 bits per heavy atom. The third-order valence-corrected chi connectivity index (χ3v) is 4.34. The molecule has 3 heterocycles. The number of fused-ring (bicyclic) bond motifs is 1. The van der Waals surface area contributed by atoms with Crippen molar-refractivity contribution in [2.75, 3.05) is 18.4 Å². The van der Waals surface area contributed by atoms with Gasteiger partial charge in [-0.25, -0.2) is 9.37 Å². The zero-order valence-electron chi connectivity index (χ0n) is 12.6. The van der Waals surface area contributed by atoms with E-state index in [-0.39, 0.29) is 18.3 Å². The second-order valence-electron chi connectivity index (χ2n) is 5.91. The van der Waals surface area contributed by atoms with Crippen molar-refractivity contribution in [3.05, 3.63) is 42.3 Å². The number of likely N-dealkylation sites (tertiary alicyclic amines) is 1. The maximum Gasteiger partial charge on any atom is 0.270 e. The highest BCUT2D eigenvalue weighted by molar-refractivity contribution is 6.01. The zero-order chi connectivity index (χ0) is 16.7. The molecule has 2 aliphatic rings. The molecule has 0 bridgehead atoms. The molecule has 7 heteroatoms. The van der Waals surface area contributed by atoms with Crippen molar-refractivity contribution in [1.29, 1.82) is 5.26 Å². The molecule has 1 N–H and O–H groups in total. The van der Waals surface area contributed by atoms with Crippen LogP contribution in [0.5, 0.6) is 5.88 Å². The Labute approximate surface area is 137 Å². The van der Waals surface area contributed by atoms with Gasteiger partial charge in [-0.2, -0.15) is 5.26 Å². The highest BCUT2D eigenvalue weighted by Gasteiger charge is 2.50. The molecule has 1 spiro atoms. The van der Waals surface area contributed by atoms with E-state index in [1.807, 2.05) is 6.19 Å². The minimum absolute atomic E-state index is 0.210. The molecular weight excluding hydrogens is 311 g/mol. The fourth-order valence-corrected chi connectivity index (χ4v) is 3.05. The molecule has 24 heavy (non-hydrogen) atoms. The van der Waals surface area contributed by atoms with Crippen LogP contribution < -0.4 is 10.1 Å². The van der Waals surface area contributed by atoms with E-state index in [0.717, 1.165) is 0 Å². The number of nitrogens with one attached hydrogen (secondary N) is 1. The van der Waals surface area contributed by atoms with Gasteiger partial charge in [0.2, 0.25) is 11.5 Å². The average Bonchev–Trinajstić information content (AvgIpc) is 3.00. The van der Waals surface area contributed by atoms with E-state index in [4.69, 9.17) is 10.00 Å². The Kier molecular flexibility index (Phi) is 3.13. The van der Waals surface area contributed by atoms with E-state index >= 15 is 0 Å². The quantitative estimate of drug-likeness (QED) is 0.813. The molecule has 1 fully saturated rings. The van der Waals surface area contributed by atoms with Gasteiger partial charge in [0.15, 0.2) is 6.19 Å². The first-order chi connectivity index (χ1) is 11.6. The van der Waals surface area contributed by atoms with E-state index in [2.05, 4.69) is 10.3 Å². The number of carbonyl (C=O) groups excluding carboxylic acids is 1. The van der Waals surface area contributed by atoms with Crippen molar-refractivity contribution in [2.24, 2.45) is 0 Å². The number of ether oxygens (including phenoxy) is 1. The first-order valence-corrected chi connectivity index (χ1v) is 7.51. The minimum atomic E-state index is -1.07. The molecular formula is C17H13FN4O2. The predicted molar refractivity (Wildman–Crippen MR) is 83.4 cm³/mol. The third-order valence-electron chi connectivity index (χ3n) is 4.34. The summed E-state index contributed by atoms with van der Waals surface area (Å²) in [6.07, 6.45) is 4.04. The molecule has 0 saturated carbocycles. The van der Waals surface area contributed by atoms with Crippen LogP contribution in [0, 0.1) is 17.3 Å². The van der Waals surface area contributed by atoms with Crippen molar-refractivity contribution < 1.29 is 13.9 Å². The van der Waals surface area contributed by atoms with E-state index in [9.17, 15) is 9.18 Å². The highest BCUT2D eigenvalue weighted by Crippen LogP contribution is 2.38. The van der Waals surface area contributed by atoms with E-state index in [1.165, 1.54) is 17.0 Å². The first-order valence-electron chi connectivity index (χ1n) is 7.51. The first kappa shape index (κ1) is 14.5. The number of pyridine rings is 1. The van der Waals surface area contributed by atoms with Gasteiger partial charge in [-0.05, 0) is 23.8 Å². The van der Waals surface area contributed by atoms with E-state index < -0.39 is 5.60 Å². The van der Waals surface area contributed by atoms with Gasteiger partial charge < -0.3 is 15.0 Å². The van der Waals surface area contributed by atoms with Gasteiger partial charge in [-0.15, -0.1) is 0 Å². The van der Waals surface area contributed by atoms with Crippen molar-refractivity contribution >= 4 is 11.6 Å². The summed E-state index contributed by atoms with van der Waals surface area (Å²) in [6.45, 7) is 0.683. The van der Waals surface area contributed by atoms with Crippen LogP contribution in [0.1, 0.15) is 6.42 Å². The lowest BCUT2D eigenvalue weighted by atomic mass is 9.99. The molecule has 2 aliphatic heterocycles. The maximum absolute atomic E-state index is 13.4. The molecule has 1 saturated heterocycles. The normalized spacial score (nSPS) is 21.8. The van der Waals surface area contributed by atoms with E-state index in [0.29, 0.717) is 35.7 Å². The van der Waals surface area contributed by atoms with Gasteiger partial charge in [-0.1, -0.05) is 12.1 Å². The molecule has 1 aromatic heterocycles. The predicted octanol–water partition coefficient (Wildman–Crippen LogP) is 2.14. The van der Waals surface area contributed by atoms with Crippen LogP contribution in [0.3, 0.4) is 0 Å². The summed E-state index contributed by atoms with van der Waals surface area (Å²) in [5.41, 5.74) is 0.716. The lowest BCUT2D eigenvalue weighted by molar-refractivity contribution is -0.131. The standard InChI is InChI=1S/C17H13FN4O2/c18-13-3-1-2-11(6-13)12-7-14-15(20-8-12)24-17(16(23)21-14)4-5-22(9-17)10-19/h1-3,6-8H,4-5,9H2,(H,21,23)/t17-/m0/s1. The van der Waals surface area contributed by atoms with E-state index in [1.54, 1.807) is 24.4 Å². The van der Waals surface area contributed by atoms with Crippen LogP contribution in [0.2, 0.25) is 0 Å². The Morgan fingerprint density at radius 3 is 3.00 bits per heavy atom. The van der Waals surface area contributed by atoms with Crippen molar-refractivity contribution in [2.45, 2.75) is 12.0 Å². The fraction of sp³-hybridized carbons (Fsp3) is 0.235. The molecule has 1 amide bonds. The number of amides is 1. The summed E-state index contributed by atoms with van der Waals surface area (Å²) in [5, 5.41) is 11.8. The number of nitriles is 1. The molecule has 2 aromatic rings. The minimum Gasteiger partial charge on any atom is -0.457 e. The molecule has 0 aliphatic carbocycles. The fourth-order valence-electron chi connectivity index (χ4n) is 3.05. The van der Waals surface area contributed by atoms with Crippen LogP contribution in [0.15, 0.2) is 36.5 Å².